The quantitative estimate of drug-likeness (QED) is 0.431. The predicted molar refractivity (Wildman–Crippen MR) is 75.0 cm³/mol. The van der Waals surface area contributed by atoms with Gasteiger partial charge >= 0.3 is 0 Å². The lowest BCUT2D eigenvalue weighted by Crippen LogP contribution is -2.23. The molecule has 0 aromatic heterocycles. The first-order valence-electron chi connectivity index (χ1n) is 6.38. The summed E-state index contributed by atoms with van der Waals surface area (Å²) in [5.74, 6) is 1.02. The fourth-order valence-corrected chi connectivity index (χ4v) is 1.56. The van der Waals surface area contributed by atoms with E-state index in [4.69, 9.17) is 19.4 Å². The molecule has 0 saturated heterocycles. The van der Waals surface area contributed by atoms with Crippen molar-refractivity contribution in [1.82, 2.24) is 0 Å². The molecule has 0 radical (unpaired) electrons. The van der Waals surface area contributed by atoms with Crippen LogP contribution in [-0.4, -0.2) is 49.1 Å². The zero-order valence-electron chi connectivity index (χ0n) is 12.0. The monoisotopic (exact) mass is 283 g/mol. The van der Waals surface area contributed by atoms with Crippen LogP contribution in [0.4, 0.5) is 0 Å². The summed E-state index contributed by atoms with van der Waals surface area (Å²) in [6.07, 6.45) is -0.694. The van der Waals surface area contributed by atoms with Gasteiger partial charge in [0.25, 0.3) is 0 Å². The predicted octanol–water partition coefficient (Wildman–Crippen LogP) is 1.67. The Balaban J connectivity index is 2.70. The first-order valence-corrected chi connectivity index (χ1v) is 6.38. The summed E-state index contributed by atoms with van der Waals surface area (Å²) in [6.45, 7) is 4.44. The van der Waals surface area contributed by atoms with E-state index in [2.05, 4.69) is 5.16 Å². The molecule has 0 saturated carbocycles. The topological polar surface area (TPSA) is 80.5 Å². The number of hydrogen-bond donors (Lipinski definition) is 2. The molecule has 0 fully saturated rings. The number of aliphatic hydroxyl groups excluding tert-OH is 1. The number of benzene rings is 1. The first-order chi connectivity index (χ1) is 9.62. The molecule has 1 atom stereocenters. The second-order valence-corrected chi connectivity index (χ2v) is 4.18. The van der Waals surface area contributed by atoms with E-state index >= 15 is 0 Å². The highest BCUT2D eigenvalue weighted by molar-refractivity contribution is 5.98. The molecule has 1 unspecified atom stereocenters. The number of ether oxygens (including phenoxy) is 3. The van der Waals surface area contributed by atoms with E-state index in [1.165, 1.54) is 7.11 Å². The molecular weight excluding hydrogens is 262 g/mol. The Labute approximate surface area is 118 Å². The molecule has 1 rings (SSSR count). The number of rotatable bonds is 8. The van der Waals surface area contributed by atoms with E-state index in [1.54, 1.807) is 25.1 Å². The van der Waals surface area contributed by atoms with Crippen LogP contribution in [0.3, 0.4) is 0 Å². The van der Waals surface area contributed by atoms with Gasteiger partial charge < -0.3 is 24.5 Å². The second-order valence-electron chi connectivity index (χ2n) is 4.18. The third-order valence-electron chi connectivity index (χ3n) is 2.68. The zero-order chi connectivity index (χ0) is 15.0. The minimum atomic E-state index is -0.694. The van der Waals surface area contributed by atoms with E-state index in [1.807, 2.05) is 6.92 Å². The van der Waals surface area contributed by atoms with Crippen LogP contribution < -0.4 is 9.47 Å². The SMILES string of the molecule is CCOCC(O)COc1ccc(C(C)=NO)cc1OC. The average molecular weight is 283 g/mol. The lowest BCUT2D eigenvalue weighted by Gasteiger charge is -2.15. The number of nitrogens with zero attached hydrogens (tertiary/aromatic N) is 1. The Morgan fingerprint density at radius 2 is 2.05 bits per heavy atom. The van der Waals surface area contributed by atoms with Gasteiger partial charge in [-0.15, -0.1) is 0 Å². The molecule has 0 bridgehead atoms. The lowest BCUT2D eigenvalue weighted by molar-refractivity contribution is 0.0159. The van der Waals surface area contributed by atoms with Crippen LogP contribution in [0.15, 0.2) is 23.4 Å². The molecule has 1 aromatic carbocycles. The van der Waals surface area contributed by atoms with Gasteiger partial charge in [0.05, 0.1) is 19.4 Å². The maximum atomic E-state index is 9.64. The van der Waals surface area contributed by atoms with Gasteiger partial charge in [0.1, 0.15) is 12.7 Å². The van der Waals surface area contributed by atoms with Crippen molar-refractivity contribution in [2.75, 3.05) is 26.9 Å². The summed E-state index contributed by atoms with van der Waals surface area (Å²) in [6, 6.07) is 5.16. The standard InChI is InChI=1S/C14H21NO5/c1-4-19-8-12(16)9-20-13-6-5-11(10(2)15-17)7-14(13)18-3/h5-7,12,16-17H,4,8-9H2,1-3H3. The van der Waals surface area contributed by atoms with E-state index in [0.29, 0.717) is 23.8 Å². The maximum absolute atomic E-state index is 9.64. The Kier molecular flexibility index (Phi) is 6.83. The Bertz CT molecular complexity index is 447. The zero-order valence-corrected chi connectivity index (χ0v) is 12.0. The fourth-order valence-electron chi connectivity index (χ4n) is 1.56. The molecule has 6 heteroatoms. The largest absolute Gasteiger partial charge is 0.493 e. The molecule has 0 aliphatic carbocycles. The van der Waals surface area contributed by atoms with Crippen LogP contribution >= 0.6 is 0 Å². The summed E-state index contributed by atoms with van der Waals surface area (Å²) in [5, 5.41) is 21.5. The van der Waals surface area contributed by atoms with Crippen LogP contribution in [0.5, 0.6) is 11.5 Å². The molecule has 112 valence electrons. The van der Waals surface area contributed by atoms with Crippen molar-refractivity contribution in [3.05, 3.63) is 23.8 Å². The van der Waals surface area contributed by atoms with Crippen molar-refractivity contribution in [2.45, 2.75) is 20.0 Å². The lowest BCUT2D eigenvalue weighted by atomic mass is 10.1. The summed E-state index contributed by atoms with van der Waals surface area (Å²) in [4.78, 5) is 0. The molecule has 6 nitrogen and oxygen atoms in total. The van der Waals surface area contributed by atoms with Crippen molar-refractivity contribution in [2.24, 2.45) is 5.16 Å². The van der Waals surface area contributed by atoms with Gasteiger partial charge in [-0.05, 0) is 32.0 Å². The Morgan fingerprint density at radius 3 is 2.65 bits per heavy atom. The normalized spacial score (nSPS) is 13.1. The van der Waals surface area contributed by atoms with Crippen molar-refractivity contribution < 1.29 is 24.5 Å². The summed E-state index contributed by atoms with van der Waals surface area (Å²) in [7, 11) is 1.52. The van der Waals surface area contributed by atoms with Crippen LogP contribution in [0.1, 0.15) is 19.4 Å². The van der Waals surface area contributed by atoms with Gasteiger partial charge in [0.2, 0.25) is 0 Å². The molecule has 0 aliphatic rings. The molecule has 0 heterocycles. The summed E-state index contributed by atoms with van der Waals surface area (Å²) in [5.41, 5.74) is 1.21. The van der Waals surface area contributed by atoms with Gasteiger partial charge in [0, 0.05) is 12.2 Å². The third-order valence-corrected chi connectivity index (χ3v) is 2.68. The summed E-state index contributed by atoms with van der Waals surface area (Å²) < 4.78 is 15.8. The van der Waals surface area contributed by atoms with Crippen LogP contribution in [0.2, 0.25) is 0 Å². The molecule has 0 aliphatic heterocycles. The van der Waals surface area contributed by atoms with E-state index in [0.717, 1.165) is 5.56 Å². The maximum Gasteiger partial charge on any atom is 0.161 e. The Hall–Kier alpha value is -1.79. The van der Waals surface area contributed by atoms with Crippen molar-refractivity contribution in [1.29, 1.82) is 0 Å². The number of methoxy groups -OCH3 is 1. The molecule has 2 N–H and O–H groups in total. The van der Waals surface area contributed by atoms with Crippen LogP contribution in [-0.2, 0) is 4.74 Å². The number of aliphatic hydroxyl groups is 1. The van der Waals surface area contributed by atoms with Crippen LogP contribution in [0.25, 0.3) is 0 Å². The highest BCUT2D eigenvalue weighted by Gasteiger charge is 2.10. The molecule has 0 spiro atoms. The van der Waals surface area contributed by atoms with Crippen molar-refractivity contribution in [3.63, 3.8) is 0 Å². The highest BCUT2D eigenvalue weighted by atomic mass is 16.5. The van der Waals surface area contributed by atoms with Crippen molar-refractivity contribution >= 4 is 5.71 Å². The van der Waals surface area contributed by atoms with Gasteiger partial charge in [0.15, 0.2) is 11.5 Å². The molecule has 0 amide bonds. The minimum absolute atomic E-state index is 0.114. The third kappa shape index (κ3) is 4.71. The highest BCUT2D eigenvalue weighted by Crippen LogP contribution is 2.28. The summed E-state index contributed by atoms with van der Waals surface area (Å²) >= 11 is 0. The first kappa shape index (κ1) is 16.3. The smallest absolute Gasteiger partial charge is 0.161 e. The molecular formula is C14H21NO5. The van der Waals surface area contributed by atoms with E-state index < -0.39 is 6.10 Å². The second kappa shape index (κ2) is 8.39. The van der Waals surface area contributed by atoms with Crippen LogP contribution in [0, 0.1) is 0 Å². The van der Waals surface area contributed by atoms with Crippen molar-refractivity contribution in [3.8, 4) is 11.5 Å². The molecule has 20 heavy (non-hydrogen) atoms. The van der Waals surface area contributed by atoms with Gasteiger partial charge in [-0.2, -0.15) is 0 Å². The average Bonchev–Trinajstić information content (AvgIpc) is 2.49. The fraction of sp³-hybridized carbons (Fsp3) is 0.500. The van der Waals surface area contributed by atoms with Gasteiger partial charge in [-0.3, -0.25) is 0 Å². The minimum Gasteiger partial charge on any atom is -0.493 e. The molecule has 1 aromatic rings. The van der Waals surface area contributed by atoms with Gasteiger partial charge in [-0.1, -0.05) is 5.16 Å². The number of hydrogen-bond acceptors (Lipinski definition) is 6. The van der Waals surface area contributed by atoms with Gasteiger partial charge in [-0.25, -0.2) is 0 Å². The Morgan fingerprint density at radius 1 is 1.30 bits per heavy atom. The van der Waals surface area contributed by atoms with E-state index in [9.17, 15) is 5.11 Å². The number of oxime groups is 1. The van der Waals surface area contributed by atoms with E-state index in [-0.39, 0.29) is 13.2 Å².